The highest BCUT2D eigenvalue weighted by atomic mass is 32.2. The summed E-state index contributed by atoms with van der Waals surface area (Å²) in [4.78, 5) is 20.1. The van der Waals surface area contributed by atoms with E-state index in [4.69, 9.17) is 5.11 Å². The molecule has 10 nitrogen and oxygen atoms in total. The predicted octanol–water partition coefficient (Wildman–Crippen LogP) is 2.47. The molecule has 0 bridgehead atoms. The Morgan fingerprint density at radius 3 is 2.70 bits per heavy atom. The zero-order valence-corrected chi connectivity index (χ0v) is 21.7. The monoisotopic (exact) mass is 526 g/mol. The van der Waals surface area contributed by atoms with Gasteiger partial charge in [0.1, 0.15) is 5.69 Å². The lowest BCUT2D eigenvalue weighted by atomic mass is 9.93. The molecule has 5 rings (SSSR count). The van der Waals surface area contributed by atoms with Crippen LogP contribution in [-0.4, -0.2) is 58.7 Å². The first kappa shape index (κ1) is 25.8. The van der Waals surface area contributed by atoms with Crippen LogP contribution < -0.4 is 25.3 Å². The van der Waals surface area contributed by atoms with Crippen LogP contribution >= 0.6 is 11.9 Å². The molecule has 0 radical (unpaired) electrons. The van der Waals surface area contributed by atoms with Gasteiger partial charge in [-0.2, -0.15) is 0 Å². The van der Waals surface area contributed by atoms with Gasteiger partial charge in [-0.1, -0.05) is 11.9 Å². The van der Waals surface area contributed by atoms with Crippen LogP contribution in [0, 0.1) is 10.6 Å². The van der Waals surface area contributed by atoms with Crippen molar-refractivity contribution in [1.29, 1.82) is 0 Å². The van der Waals surface area contributed by atoms with Gasteiger partial charge >= 0.3 is 0 Å². The molecule has 1 aliphatic carbocycles. The van der Waals surface area contributed by atoms with Gasteiger partial charge in [0.15, 0.2) is 11.5 Å². The number of fused-ring (bicyclic) bond motifs is 1. The van der Waals surface area contributed by atoms with E-state index in [2.05, 4.69) is 25.2 Å². The van der Waals surface area contributed by atoms with Crippen molar-refractivity contribution in [2.75, 3.05) is 52.3 Å². The minimum absolute atomic E-state index is 0.0919. The van der Waals surface area contributed by atoms with Crippen LogP contribution in [0.1, 0.15) is 43.1 Å². The van der Waals surface area contributed by atoms with Crippen molar-refractivity contribution in [3.63, 3.8) is 0 Å². The molecule has 1 saturated heterocycles. The van der Waals surface area contributed by atoms with Crippen molar-refractivity contribution in [2.24, 2.45) is 5.41 Å². The summed E-state index contributed by atoms with van der Waals surface area (Å²) < 4.78 is 3.26. The zero-order chi connectivity index (χ0) is 26.0. The average molecular weight is 527 g/mol. The molecule has 3 heterocycles. The summed E-state index contributed by atoms with van der Waals surface area (Å²) in [5, 5.41) is 37.3. The molecule has 198 valence electrons. The summed E-state index contributed by atoms with van der Waals surface area (Å²) >= 11 is 1.43. The maximum atomic E-state index is 13.3. The third kappa shape index (κ3) is 5.70. The molecule has 2 aromatic rings. The van der Waals surface area contributed by atoms with E-state index in [0.717, 1.165) is 37.3 Å². The second-order valence-corrected chi connectivity index (χ2v) is 11.2. The minimum atomic E-state index is -0.861. The summed E-state index contributed by atoms with van der Waals surface area (Å²) in [6, 6.07) is 8.95. The maximum Gasteiger partial charge on any atom is 0.274 e. The summed E-state index contributed by atoms with van der Waals surface area (Å²) in [7, 11) is 0. The number of hydroxylamine groups is 1. The Morgan fingerprint density at radius 2 is 2.00 bits per heavy atom. The van der Waals surface area contributed by atoms with Crippen LogP contribution in [0.25, 0.3) is 0 Å². The number of pyridine rings is 1. The predicted molar refractivity (Wildman–Crippen MR) is 147 cm³/mol. The van der Waals surface area contributed by atoms with E-state index in [1.165, 1.54) is 31.0 Å². The first-order valence-corrected chi connectivity index (χ1v) is 13.6. The summed E-state index contributed by atoms with van der Waals surface area (Å²) in [6.45, 7) is 3.49. The Labute approximate surface area is 220 Å². The first-order valence-electron chi connectivity index (χ1n) is 12.7. The molecule has 2 aliphatic heterocycles. The van der Waals surface area contributed by atoms with Gasteiger partial charge < -0.3 is 40.7 Å². The standard InChI is InChI=1S/C26H34N6O4S/c1-25(17-34)8-13-32(36)21-5-4-20(27-23(21)29-25)24(35)28-19-3-2-18(30-37-15-14-33)16-22(19)31-11-9-26(6-7-26)10-12-31/h2-5,8,13,16,30,32-34H,6-7,9-12,14-15,17H2,1H3,(H,27,29)(H,28,35). The average Bonchev–Trinajstić information content (AvgIpc) is 3.68. The summed E-state index contributed by atoms with van der Waals surface area (Å²) in [6.07, 6.45) is 7.97. The largest absolute Gasteiger partial charge is 0.624 e. The smallest absolute Gasteiger partial charge is 0.274 e. The number of nitrogens with one attached hydrogen (secondary N) is 4. The Bertz CT molecular complexity index is 1180. The van der Waals surface area contributed by atoms with Crippen molar-refractivity contribution < 1.29 is 20.1 Å². The summed E-state index contributed by atoms with van der Waals surface area (Å²) in [5.41, 5.74) is 2.73. The minimum Gasteiger partial charge on any atom is -0.624 e. The number of nitrogens with zero attached hydrogens (tertiary/aromatic N) is 2. The van der Waals surface area contributed by atoms with Crippen molar-refractivity contribution >= 4 is 46.4 Å². The number of aromatic nitrogens is 1. The van der Waals surface area contributed by atoms with Gasteiger partial charge in [-0.3, -0.25) is 4.79 Å². The molecule has 1 amide bonds. The molecule has 1 aromatic heterocycles. The van der Waals surface area contributed by atoms with Crippen LogP contribution in [0.4, 0.5) is 28.6 Å². The maximum absolute atomic E-state index is 13.3. The third-order valence-electron chi connectivity index (χ3n) is 7.48. The first-order chi connectivity index (χ1) is 17.8. The number of hydrogen-bond donors (Lipinski definition) is 6. The number of anilines is 4. The van der Waals surface area contributed by atoms with Gasteiger partial charge in [0.25, 0.3) is 5.91 Å². The molecule has 11 heteroatoms. The SMILES string of the molecule is CC1(CO)C=C[NH+]([O-])c2ccc(C(=O)Nc3ccc(NSCCO)cc3N3CCC4(CC3)CC4)nc2N1. The topological polar surface area (TPSA) is 137 Å². The lowest BCUT2D eigenvalue weighted by molar-refractivity contribution is -0.713. The van der Waals surface area contributed by atoms with Crippen LogP contribution in [0.3, 0.4) is 0 Å². The number of rotatable bonds is 8. The van der Waals surface area contributed by atoms with Gasteiger partial charge in [0.05, 0.1) is 36.3 Å². The zero-order valence-electron chi connectivity index (χ0n) is 20.9. The Hall–Kier alpha value is -2.83. The molecule has 2 atom stereocenters. The van der Waals surface area contributed by atoms with Crippen molar-refractivity contribution in [3.05, 3.63) is 53.5 Å². The number of hydrogen-bond acceptors (Lipinski definition) is 9. The van der Waals surface area contributed by atoms with E-state index in [0.29, 0.717) is 22.5 Å². The molecule has 2 fully saturated rings. The van der Waals surface area contributed by atoms with Gasteiger partial charge in [-0.25, -0.2) is 4.98 Å². The molecule has 1 spiro atoms. The molecular weight excluding hydrogens is 492 g/mol. The van der Waals surface area contributed by atoms with Gasteiger partial charge in [0, 0.05) is 30.6 Å². The van der Waals surface area contributed by atoms with Crippen molar-refractivity contribution in [1.82, 2.24) is 4.98 Å². The lowest BCUT2D eigenvalue weighted by Gasteiger charge is -2.35. The highest BCUT2D eigenvalue weighted by Gasteiger charge is 2.44. The second-order valence-electron chi connectivity index (χ2n) is 10.3. The number of carbonyl (C=O) groups excluding carboxylic acids is 1. The molecule has 6 N–H and O–H groups in total. The molecule has 3 aliphatic rings. The Balaban J connectivity index is 1.38. The number of aliphatic hydroxyl groups is 2. The molecule has 1 saturated carbocycles. The van der Waals surface area contributed by atoms with E-state index in [9.17, 15) is 15.1 Å². The molecule has 37 heavy (non-hydrogen) atoms. The number of amides is 1. The third-order valence-corrected chi connectivity index (χ3v) is 8.25. The van der Waals surface area contributed by atoms with E-state index < -0.39 is 5.54 Å². The number of piperidine rings is 1. The highest BCUT2D eigenvalue weighted by Crippen LogP contribution is 2.54. The molecule has 1 aromatic carbocycles. The fourth-order valence-electron chi connectivity index (χ4n) is 4.86. The number of carbonyl (C=O) groups is 1. The van der Waals surface area contributed by atoms with Crippen LogP contribution in [0.2, 0.25) is 0 Å². The van der Waals surface area contributed by atoms with Crippen molar-refractivity contribution in [3.8, 4) is 0 Å². The Kier molecular flexibility index (Phi) is 7.32. The van der Waals surface area contributed by atoms with E-state index >= 15 is 0 Å². The number of aliphatic hydroxyl groups excluding tert-OH is 2. The van der Waals surface area contributed by atoms with Gasteiger partial charge in [-0.05, 0) is 68.4 Å². The number of quaternary nitrogens is 1. The van der Waals surface area contributed by atoms with Crippen LogP contribution in [0.15, 0.2) is 42.6 Å². The van der Waals surface area contributed by atoms with Crippen molar-refractivity contribution in [2.45, 2.75) is 38.1 Å². The van der Waals surface area contributed by atoms with Crippen LogP contribution in [-0.2, 0) is 0 Å². The molecule has 2 unspecified atom stereocenters. The quantitative estimate of drug-likeness (QED) is 0.174. The second kappa shape index (κ2) is 10.5. The van der Waals surface area contributed by atoms with Crippen LogP contribution in [0.5, 0.6) is 0 Å². The van der Waals surface area contributed by atoms with E-state index in [-0.39, 0.29) is 35.7 Å². The van der Waals surface area contributed by atoms with E-state index in [1.807, 2.05) is 18.2 Å². The number of benzene rings is 1. The normalized spacial score (nSPS) is 23.7. The Morgan fingerprint density at radius 1 is 1.22 bits per heavy atom. The summed E-state index contributed by atoms with van der Waals surface area (Å²) in [5.74, 6) is 0.462. The van der Waals surface area contributed by atoms with Gasteiger partial charge in [-0.15, -0.1) is 0 Å². The highest BCUT2D eigenvalue weighted by molar-refractivity contribution is 8.00. The lowest BCUT2D eigenvalue weighted by Crippen LogP contribution is -2.96. The fourth-order valence-corrected chi connectivity index (χ4v) is 5.35. The fraction of sp³-hybridized carbons (Fsp3) is 0.462. The van der Waals surface area contributed by atoms with E-state index in [1.54, 1.807) is 25.1 Å². The van der Waals surface area contributed by atoms with Gasteiger partial charge in [0.2, 0.25) is 0 Å². The molecular formula is C26H34N6O4S.